The average molecular weight is 449 g/mol. The van der Waals surface area contributed by atoms with Gasteiger partial charge in [-0.1, -0.05) is 35.9 Å². The van der Waals surface area contributed by atoms with E-state index in [1.807, 2.05) is 64.2 Å². The Morgan fingerprint density at radius 1 is 0.969 bits per heavy atom. The summed E-state index contributed by atoms with van der Waals surface area (Å²) >= 11 is 6.14. The monoisotopic (exact) mass is 448 g/mol. The van der Waals surface area contributed by atoms with Crippen LogP contribution in [0.5, 0.6) is 0 Å². The number of likely N-dealkylation sites (tertiary alicyclic amines) is 1. The quantitative estimate of drug-likeness (QED) is 0.577. The minimum atomic E-state index is 0.0727. The molecule has 0 atom stereocenters. The Balaban J connectivity index is 1.35. The molecule has 1 saturated heterocycles. The molecule has 1 aromatic heterocycles. The lowest BCUT2D eigenvalue weighted by Crippen LogP contribution is -2.37. The molecular weight excluding hydrogens is 424 g/mol. The van der Waals surface area contributed by atoms with Crippen LogP contribution in [0.3, 0.4) is 0 Å². The van der Waals surface area contributed by atoms with E-state index in [4.69, 9.17) is 16.7 Å². The Hall–Kier alpha value is -3.12. The van der Waals surface area contributed by atoms with E-state index in [9.17, 15) is 9.59 Å². The van der Waals surface area contributed by atoms with Crippen LogP contribution in [0.1, 0.15) is 41.6 Å². The molecular formula is C25H25ClN4O2. The lowest BCUT2D eigenvalue weighted by Gasteiger charge is -2.28. The summed E-state index contributed by atoms with van der Waals surface area (Å²) in [6, 6.07) is 17.1. The van der Waals surface area contributed by atoms with Crippen molar-refractivity contribution in [2.45, 2.75) is 38.8 Å². The van der Waals surface area contributed by atoms with Crippen LogP contribution in [0.25, 0.3) is 11.3 Å². The smallest absolute Gasteiger partial charge is 0.253 e. The van der Waals surface area contributed by atoms with Gasteiger partial charge in [0.2, 0.25) is 5.91 Å². The summed E-state index contributed by atoms with van der Waals surface area (Å²) < 4.78 is 1.88. The number of aryl methyl sites for hydroxylation is 1. The lowest BCUT2D eigenvalue weighted by atomic mass is 10.1. The summed E-state index contributed by atoms with van der Waals surface area (Å²) in [6.07, 6.45) is 3.76. The number of hydrogen-bond donors (Lipinski definition) is 0. The summed E-state index contributed by atoms with van der Waals surface area (Å²) in [5.41, 5.74) is 3.40. The molecule has 164 valence electrons. The van der Waals surface area contributed by atoms with E-state index in [2.05, 4.69) is 0 Å². The van der Waals surface area contributed by atoms with Crippen LogP contribution in [-0.2, 0) is 17.9 Å². The number of rotatable bonds is 4. The summed E-state index contributed by atoms with van der Waals surface area (Å²) in [7, 11) is 0. The number of carbonyl (C=O) groups is 2. The van der Waals surface area contributed by atoms with Gasteiger partial charge in [-0.2, -0.15) is 5.10 Å². The van der Waals surface area contributed by atoms with Crippen LogP contribution in [0.4, 0.5) is 5.82 Å². The van der Waals surface area contributed by atoms with Gasteiger partial charge in [-0.15, -0.1) is 0 Å². The Bertz CT molecular complexity index is 1150. The highest BCUT2D eigenvalue weighted by Crippen LogP contribution is 2.30. The van der Waals surface area contributed by atoms with Gasteiger partial charge >= 0.3 is 0 Å². The van der Waals surface area contributed by atoms with Gasteiger partial charge in [0.15, 0.2) is 0 Å². The van der Waals surface area contributed by atoms with Crippen molar-refractivity contribution in [2.75, 3.05) is 18.0 Å². The van der Waals surface area contributed by atoms with E-state index in [-0.39, 0.29) is 11.8 Å². The number of amides is 2. The fraction of sp³-hybridized carbons (Fsp3) is 0.320. The molecule has 5 rings (SSSR count). The highest BCUT2D eigenvalue weighted by atomic mass is 35.5. The van der Waals surface area contributed by atoms with Crippen LogP contribution in [0.2, 0.25) is 5.02 Å². The maximum Gasteiger partial charge on any atom is 0.253 e. The lowest BCUT2D eigenvalue weighted by molar-refractivity contribution is -0.119. The second kappa shape index (κ2) is 8.79. The molecule has 0 N–H and O–H groups in total. The van der Waals surface area contributed by atoms with Crippen molar-refractivity contribution >= 4 is 29.2 Å². The zero-order valence-electron chi connectivity index (χ0n) is 17.8. The Kier molecular flexibility index (Phi) is 5.70. The number of nitrogens with zero attached hydrogens (tertiary/aromatic N) is 4. The van der Waals surface area contributed by atoms with Crippen LogP contribution < -0.4 is 4.90 Å². The van der Waals surface area contributed by atoms with Crippen LogP contribution in [0.15, 0.2) is 54.6 Å². The Morgan fingerprint density at radius 3 is 2.50 bits per heavy atom. The molecule has 3 heterocycles. The van der Waals surface area contributed by atoms with Gasteiger partial charge in [-0.05, 0) is 49.1 Å². The van der Waals surface area contributed by atoms with E-state index >= 15 is 0 Å². The predicted molar refractivity (Wildman–Crippen MR) is 125 cm³/mol. The van der Waals surface area contributed by atoms with E-state index in [1.165, 1.54) is 6.42 Å². The molecule has 0 saturated carbocycles. The van der Waals surface area contributed by atoms with Gasteiger partial charge in [-0.25, -0.2) is 4.68 Å². The fourth-order valence-corrected chi connectivity index (χ4v) is 4.62. The van der Waals surface area contributed by atoms with Gasteiger partial charge < -0.3 is 4.90 Å². The first-order chi connectivity index (χ1) is 15.6. The fourth-order valence-electron chi connectivity index (χ4n) is 4.43. The second-order valence-electron chi connectivity index (χ2n) is 8.40. The van der Waals surface area contributed by atoms with Crippen molar-refractivity contribution in [3.05, 3.63) is 70.7 Å². The van der Waals surface area contributed by atoms with Crippen molar-refractivity contribution in [1.82, 2.24) is 14.7 Å². The van der Waals surface area contributed by atoms with Crippen LogP contribution in [0, 0.1) is 0 Å². The minimum absolute atomic E-state index is 0.0727. The third-order valence-corrected chi connectivity index (χ3v) is 6.41. The highest BCUT2D eigenvalue weighted by molar-refractivity contribution is 6.30. The normalized spacial score (nSPS) is 16.2. The maximum atomic E-state index is 12.7. The van der Waals surface area contributed by atoms with Gasteiger partial charge in [-0.3, -0.25) is 14.5 Å². The van der Waals surface area contributed by atoms with Gasteiger partial charge in [0, 0.05) is 41.7 Å². The number of halogens is 1. The molecule has 0 spiro atoms. The summed E-state index contributed by atoms with van der Waals surface area (Å²) in [6.45, 7) is 2.68. The van der Waals surface area contributed by atoms with Crippen LogP contribution in [-0.4, -0.2) is 39.6 Å². The first-order valence-electron chi connectivity index (χ1n) is 11.1. The predicted octanol–water partition coefficient (Wildman–Crippen LogP) is 4.77. The largest absolute Gasteiger partial charge is 0.339 e. The Morgan fingerprint density at radius 2 is 1.75 bits per heavy atom. The van der Waals surface area contributed by atoms with Crippen molar-refractivity contribution in [1.29, 1.82) is 0 Å². The molecule has 6 nitrogen and oxygen atoms in total. The molecule has 0 bridgehead atoms. The maximum absolute atomic E-state index is 12.7. The molecule has 2 amide bonds. The van der Waals surface area contributed by atoms with Crippen molar-refractivity contribution < 1.29 is 9.59 Å². The molecule has 2 aromatic carbocycles. The number of benzene rings is 2. The third-order valence-electron chi connectivity index (χ3n) is 6.18. The summed E-state index contributed by atoms with van der Waals surface area (Å²) in [5, 5.41) is 5.34. The zero-order valence-corrected chi connectivity index (χ0v) is 18.6. The zero-order chi connectivity index (χ0) is 22.1. The van der Waals surface area contributed by atoms with Gasteiger partial charge in [0.25, 0.3) is 5.91 Å². The number of piperidine rings is 1. The number of hydrogen-bond acceptors (Lipinski definition) is 3. The highest BCUT2D eigenvalue weighted by Gasteiger charge is 2.27. The molecule has 0 unspecified atom stereocenters. The van der Waals surface area contributed by atoms with Crippen LogP contribution >= 0.6 is 11.6 Å². The molecule has 3 aromatic rings. The first kappa shape index (κ1) is 20.8. The van der Waals surface area contributed by atoms with Crippen molar-refractivity contribution in [3.63, 3.8) is 0 Å². The van der Waals surface area contributed by atoms with E-state index in [1.54, 1.807) is 4.90 Å². The van der Waals surface area contributed by atoms with Crippen molar-refractivity contribution in [2.24, 2.45) is 0 Å². The number of anilines is 1. The van der Waals surface area contributed by atoms with Gasteiger partial charge in [0.1, 0.15) is 5.82 Å². The van der Waals surface area contributed by atoms with E-state index in [0.717, 1.165) is 48.6 Å². The van der Waals surface area contributed by atoms with Crippen molar-refractivity contribution in [3.8, 4) is 11.3 Å². The number of fused-ring (bicyclic) bond motifs is 1. The molecule has 2 aliphatic heterocycles. The average Bonchev–Trinajstić information content (AvgIpc) is 3.26. The van der Waals surface area contributed by atoms with E-state index in [0.29, 0.717) is 30.1 Å². The minimum Gasteiger partial charge on any atom is -0.339 e. The van der Waals surface area contributed by atoms with Gasteiger partial charge in [0.05, 0.1) is 18.8 Å². The molecule has 7 heteroatoms. The number of aromatic nitrogens is 2. The molecule has 1 fully saturated rings. The third kappa shape index (κ3) is 4.15. The molecule has 2 aliphatic rings. The molecule has 0 aliphatic carbocycles. The molecule has 0 radical (unpaired) electrons. The summed E-state index contributed by atoms with van der Waals surface area (Å²) in [5.74, 6) is 0.947. The topological polar surface area (TPSA) is 58.4 Å². The van der Waals surface area contributed by atoms with E-state index < -0.39 is 0 Å². The summed E-state index contributed by atoms with van der Waals surface area (Å²) in [4.78, 5) is 29.2. The number of carbonyl (C=O) groups excluding carboxylic acids is 2. The Labute approximate surface area is 192 Å². The standard InChI is InChI=1S/C25H25ClN4O2/c26-21-6-4-5-20(15-21)22-16-23-29(24(31)11-14-30(23)27-22)17-18-7-9-19(10-8-18)25(32)28-12-2-1-3-13-28/h4-10,15-16H,1-3,11-14,17H2. The molecule has 32 heavy (non-hydrogen) atoms. The first-order valence-corrected chi connectivity index (χ1v) is 11.5. The SMILES string of the molecule is O=C(c1ccc(CN2C(=O)CCn3nc(-c4cccc(Cl)c4)cc32)cc1)N1CCCCC1. The second-order valence-corrected chi connectivity index (χ2v) is 8.84.